The Balaban J connectivity index is 3.28. The maximum Gasteiger partial charge on any atom is 0.408 e. The van der Waals surface area contributed by atoms with Crippen LogP contribution in [-0.4, -0.2) is 41.4 Å². The summed E-state index contributed by atoms with van der Waals surface area (Å²) >= 11 is 0. The Kier molecular flexibility index (Phi) is 7.11. The van der Waals surface area contributed by atoms with Gasteiger partial charge in [-0.1, -0.05) is 12.1 Å². The summed E-state index contributed by atoms with van der Waals surface area (Å²) in [6.45, 7) is 5.01. The van der Waals surface area contributed by atoms with E-state index in [-0.39, 0.29) is 6.42 Å². The molecule has 1 rings (SSSR count). The highest BCUT2D eigenvalue weighted by molar-refractivity contribution is 5.90. The number of methoxy groups -OCH3 is 1. The van der Waals surface area contributed by atoms with Crippen LogP contribution in [0.25, 0.3) is 0 Å². The largest absolute Gasteiger partial charge is 0.479 e. The van der Waals surface area contributed by atoms with Gasteiger partial charge in [-0.05, 0) is 44.5 Å². The average Bonchev–Trinajstić information content (AvgIpc) is 2.58. The molecular formula is C19H22N2O6. The van der Waals surface area contributed by atoms with Crippen molar-refractivity contribution in [1.29, 1.82) is 5.26 Å². The summed E-state index contributed by atoms with van der Waals surface area (Å²) in [6.07, 6.45) is 0.789. The molecule has 0 bridgehead atoms. The van der Waals surface area contributed by atoms with Gasteiger partial charge in [-0.3, -0.25) is 0 Å². The summed E-state index contributed by atoms with van der Waals surface area (Å²) < 4.78 is 9.64. The van der Waals surface area contributed by atoms with Gasteiger partial charge in [0.05, 0.1) is 18.7 Å². The van der Waals surface area contributed by atoms with E-state index in [1.807, 2.05) is 6.07 Å². The van der Waals surface area contributed by atoms with Crippen LogP contribution in [0.15, 0.2) is 36.4 Å². The summed E-state index contributed by atoms with van der Waals surface area (Å²) in [6, 6.07) is 8.23. The zero-order chi connectivity index (χ0) is 20.7. The fraction of sp³-hybridized carbons (Fsp3) is 0.368. The molecule has 0 fully saturated rings. The summed E-state index contributed by atoms with van der Waals surface area (Å²) in [5.74, 6) is -2.17. The highest BCUT2D eigenvalue weighted by Crippen LogP contribution is 2.19. The van der Waals surface area contributed by atoms with Crippen molar-refractivity contribution in [2.24, 2.45) is 0 Å². The van der Waals surface area contributed by atoms with Crippen LogP contribution in [0, 0.1) is 11.3 Å². The molecule has 0 unspecified atom stereocenters. The fourth-order valence-electron chi connectivity index (χ4n) is 2.20. The van der Waals surface area contributed by atoms with Crippen molar-refractivity contribution >= 4 is 18.0 Å². The summed E-state index contributed by atoms with van der Waals surface area (Å²) in [5.41, 5.74) is -1.93. The maximum absolute atomic E-state index is 12.0. The number of hydrogen-bond acceptors (Lipinski definition) is 6. The molecule has 1 aromatic rings. The van der Waals surface area contributed by atoms with E-state index < -0.39 is 29.2 Å². The van der Waals surface area contributed by atoms with Gasteiger partial charge in [0.1, 0.15) is 5.60 Å². The molecule has 0 aliphatic rings. The van der Waals surface area contributed by atoms with Gasteiger partial charge >= 0.3 is 18.0 Å². The van der Waals surface area contributed by atoms with Crippen molar-refractivity contribution in [3.05, 3.63) is 47.5 Å². The Morgan fingerprint density at radius 3 is 2.48 bits per heavy atom. The van der Waals surface area contributed by atoms with Crippen LogP contribution in [0.4, 0.5) is 4.79 Å². The van der Waals surface area contributed by atoms with Crippen molar-refractivity contribution in [2.75, 3.05) is 7.11 Å². The van der Waals surface area contributed by atoms with Crippen molar-refractivity contribution in [2.45, 2.75) is 38.3 Å². The van der Waals surface area contributed by atoms with E-state index in [1.165, 1.54) is 6.07 Å². The van der Waals surface area contributed by atoms with Crippen LogP contribution >= 0.6 is 0 Å². The lowest BCUT2D eigenvalue weighted by Crippen LogP contribution is -2.55. The lowest BCUT2D eigenvalue weighted by atomic mass is 9.89. The number of carboxylic acids is 1. The number of carbonyl (C=O) groups excluding carboxylic acids is 2. The Morgan fingerprint density at radius 1 is 1.30 bits per heavy atom. The van der Waals surface area contributed by atoms with Crippen LogP contribution < -0.4 is 5.32 Å². The number of alkyl carbamates (subject to hydrolysis) is 1. The van der Waals surface area contributed by atoms with E-state index in [0.717, 1.165) is 19.3 Å². The third-order valence-corrected chi connectivity index (χ3v) is 3.34. The van der Waals surface area contributed by atoms with E-state index in [0.29, 0.717) is 11.1 Å². The van der Waals surface area contributed by atoms with Gasteiger partial charge < -0.3 is 19.9 Å². The second-order valence-electron chi connectivity index (χ2n) is 6.75. The zero-order valence-corrected chi connectivity index (χ0v) is 15.6. The molecule has 0 saturated heterocycles. The quantitative estimate of drug-likeness (QED) is 0.577. The molecule has 0 aliphatic heterocycles. The van der Waals surface area contributed by atoms with E-state index in [4.69, 9.17) is 10.00 Å². The molecule has 1 aromatic carbocycles. The molecule has 0 heterocycles. The second kappa shape index (κ2) is 8.85. The summed E-state index contributed by atoms with van der Waals surface area (Å²) in [4.78, 5) is 35.7. The Hall–Kier alpha value is -3.34. The molecule has 1 amide bonds. The Labute approximate surface area is 157 Å². The molecule has 0 aliphatic carbocycles. The normalized spacial score (nSPS) is 13.3. The molecule has 0 radical (unpaired) electrons. The number of nitrogens with zero attached hydrogens (tertiary/aromatic N) is 1. The van der Waals surface area contributed by atoms with Crippen LogP contribution in [0.3, 0.4) is 0 Å². The minimum absolute atomic E-state index is 0.216. The van der Waals surface area contributed by atoms with E-state index in [2.05, 4.69) is 10.1 Å². The maximum atomic E-state index is 12.0. The van der Waals surface area contributed by atoms with Crippen LogP contribution in [0.2, 0.25) is 0 Å². The number of nitrogens with one attached hydrogen (secondary N) is 1. The van der Waals surface area contributed by atoms with Gasteiger partial charge in [-0.15, -0.1) is 0 Å². The minimum atomic E-state index is -1.97. The summed E-state index contributed by atoms with van der Waals surface area (Å²) in [5, 5.41) is 21.0. The SMILES string of the molecule is COC(=O)N[C@@](C=CC(=O)OC(C)(C)C)(Cc1cccc(C#N)c1)C(=O)O. The Morgan fingerprint density at radius 2 is 1.96 bits per heavy atom. The van der Waals surface area contributed by atoms with Gasteiger partial charge in [0.2, 0.25) is 0 Å². The van der Waals surface area contributed by atoms with Crippen molar-refractivity contribution in [3.63, 3.8) is 0 Å². The first-order chi connectivity index (χ1) is 12.5. The lowest BCUT2D eigenvalue weighted by Gasteiger charge is -2.27. The first-order valence-corrected chi connectivity index (χ1v) is 8.02. The molecule has 27 heavy (non-hydrogen) atoms. The van der Waals surface area contributed by atoms with Gasteiger partial charge in [0.25, 0.3) is 0 Å². The molecule has 8 heteroatoms. The molecule has 1 atom stereocenters. The first-order valence-electron chi connectivity index (χ1n) is 8.02. The number of aliphatic carboxylic acids is 1. The zero-order valence-electron chi connectivity index (χ0n) is 15.6. The standard InChI is InChI=1S/C19H22N2O6/c1-18(2,3)27-15(22)8-9-19(16(23)24,21-17(25)26-4)11-13-6-5-7-14(10-13)12-20/h5-10H,11H2,1-4H3,(H,21,25)(H,23,24)/t19-/m0/s1. The molecule has 0 aromatic heterocycles. The van der Waals surface area contributed by atoms with Crippen molar-refractivity contribution in [3.8, 4) is 6.07 Å². The number of carbonyl (C=O) groups is 3. The van der Waals surface area contributed by atoms with Crippen LogP contribution in [0.5, 0.6) is 0 Å². The number of nitriles is 1. The topological polar surface area (TPSA) is 126 Å². The fourth-order valence-corrected chi connectivity index (χ4v) is 2.20. The Bertz CT molecular complexity index is 788. The van der Waals surface area contributed by atoms with Crippen LogP contribution in [-0.2, 0) is 25.5 Å². The predicted octanol–water partition coefficient (Wildman–Crippen LogP) is 2.18. The highest BCUT2D eigenvalue weighted by atomic mass is 16.6. The predicted molar refractivity (Wildman–Crippen MR) is 95.8 cm³/mol. The van der Waals surface area contributed by atoms with Crippen molar-refractivity contribution < 1.29 is 29.0 Å². The monoisotopic (exact) mass is 374 g/mol. The molecule has 8 nitrogen and oxygen atoms in total. The van der Waals surface area contributed by atoms with Crippen LogP contribution in [0.1, 0.15) is 31.9 Å². The summed E-state index contributed by atoms with van der Waals surface area (Å²) in [7, 11) is 1.09. The van der Waals surface area contributed by atoms with Crippen molar-refractivity contribution in [1.82, 2.24) is 5.32 Å². The average molecular weight is 374 g/mol. The second-order valence-corrected chi connectivity index (χ2v) is 6.75. The highest BCUT2D eigenvalue weighted by Gasteiger charge is 2.39. The van der Waals surface area contributed by atoms with Gasteiger partial charge in [0.15, 0.2) is 5.54 Å². The number of amides is 1. The lowest BCUT2D eigenvalue weighted by molar-refractivity contribution is -0.148. The number of rotatable bonds is 6. The van der Waals surface area contributed by atoms with Gasteiger partial charge in [0, 0.05) is 12.5 Å². The molecule has 0 saturated carbocycles. The number of benzene rings is 1. The number of ether oxygens (including phenoxy) is 2. The first kappa shape index (κ1) is 21.7. The van der Waals surface area contributed by atoms with E-state index in [9.17, 15) is 19.5 Å². The van der Waals surface area contributed by atoms with Gasteiger partial charge in [-0.25, -0.2) is 14.4 Å². The number of hydrogen-bond donors (Lipinski definition) is 2. The molecule has 2 N–H and O–H groups in total. The molecular weight excluding hydrogens is 352 g/mol. The number of carboxylic acid groups (broad SMARTS) is 1. The number of esters is 1. The molecule has 0 spiro atoms. The van der Waals surface area contributed by atoms with E-state index >= 15 is 0 Å². The van der Waals surface area contributed by atoms with Gasteiger partial charge in [-0.2, -0.15) is 5.26 Å². The minimum Gasteiger partial charge on any atom is -0.479 e. The smallest absolute Gasteiger partial charge is 0.408 e. The molecule has 144 valence electrons. The third kappa shape index (κ3) is 6.82. The third-order valence-electron chi connectivity index (χ3n) is 3.34. The van der Waals surface area contributed by atoms with E-state index in [1.54, 1.807) is 39.0 Å².